The Morgan fingerprint density at radius 3 is 2.83 bits per heavy atom. The number of carbonyl (C=O) groups is 1. The van der Waals surface area contributed by atoms with Crippen molar-refractivity contribution >= 4 is 35.3 Å². The highest BCUT2D eigenvalue weighted by Gasteiger charge is 2.15. The molecule has 0 spiro atoms. The molecule has 0 fully saturated rings. The largest absolute Gasteiger partial charge is 0.489 e. The number of nitrogens with one attached hydrogen (secondary N) is 1. The van der Waals surface area contributed by atoms with Crippen LogP contribution in [-0.2, 0) is 0 Å². The van der Waals surface area contributed by atoms with E-state index in [0.717, 1.165) is 6.42 Å². The molecule has 1 N–H and O–H groups in total. The van der Waals surface area contributed by atoms with Crippen LogP contribution in [0.25, 0.3) is 0 Å². The number of fused-ring (bicyclic) bond motifs is 1. The molecule has 0 saturated carbocycles. The van der Waals surface area contributed by atoms with E-state index in [1.54, 1.807) is 36.4 Å². The van der Waals surface area contributed by atoms with Crippen molar-refractivity contribution in [3.05, 3.63) is 57.6 Å². The van der Waals surface area contributed by atoms with Crippen molar-refractivity contribution < 1.29 is 14.3 Å². The molecule has 1 aliphatic heterocycles. The Bertz CT molecular complexity index is 793. The van der Waals surface area contributed by atoms with E-state index in [2.05, 4.69) is 10.5 Å². The van der Waals surface area contributed by atoms with Crippen LogP contribution in [0.1, 0.15) is 22.3 Å². The molecule has 0 aliphatic carbocycles. The van der Waals surface area contributed by atoms with Crippen LogP contribution in [0.5, 0.6) is 11.5 Å². The Balaban J connectivity index is 1.72. The smallest absolute Gasteiger partial charge is 0.271 e. The molecular formula is C17H14Cl2N2O3. The SMILES string of the molecule is O=C(N/N=C\c1cc(Cl)c2c(c1)OCCCO2)c1cccc(Cl)c1. The second-order valence-corrected chi connectivity index (χ2v) is 5.93. The van der Waals surface area contributed by atoms with Crippen LogP contribution in [0.2, 0.25) is 10.0 Å². The molecule has 0 atom stereocenters. The van der Waals surface area contributed by atoms with Crippen LogP contribution < -0.4 is 14.9 Å². The van der Waals surface area contributed by atoms with Crippen molar-refractivity contribution in [1.29, 1.82) is 0 Å². The minimum Gasteiger partial charge on any atom is -0.489 e. The van der Waals surface area contributed by atoms with Gasteiger partial charge in [-0.25, -0.2) is 5.43 Å². The average Bonchev–Trinajstić information content (AvgIpc) is 2.80. The molecule has 0 unspecified atom stereocenters. The third-order valence-corrected chi connectivity index (χ3v) is 3.81. The lowest BCUT2D eigenvalue weighted by atomic mass is 10.2. The number of carbonyl (C=O) groups excluding carboxylic acids is 1. The van der Waals surface area contributed by atoms with E-state index in [9.17, 15) is 4.79 Å². The van der Waals surface area contributed by atoms with Gasteiger partial charge in [0.15, 0.2) is 11.5 Å². The highest BCUT2D eigenvalue weighted by Crippen LogP contribution is 2.37. The van der Waals surface area contributed by atoms with Crippen molar-refractivity contribution in [3.63, 3.8) is 0 Å². The Hall–Kier alpha value is -2.24. The molecule has 2 aromatic rings. The molecule has 124 valence electrons. The summed E-state index contributed by atoms with van der Waals surface area (Å²) in [6, 6.07) is 10.1. The Morgan fingerprint density at radius 1 is 1.17 bits per heavy atom. The third kappa shape index (κ3) is 3.99. The van der Waals surface area contributed by atoms with Crippen LogP contribution >= 0.6 is 23.2 Å². The first-order valence-electron chi connectivity index (χ1n) is 7.31. The summed E-state index contributed by atoms with van der Waals surface area (Å²) in [6.07, 6.45) is 2.28. The molecule has 1 amide bonds. The summed E-state index contributed by atoms with van der Waals surface area (Å²) in [4.78, 5) is 12.0. The fourth-order valence-corrected chi connectivity index (χ4v) is 2.65. The quantitative estimate of drug-likeness (QED) is 0.663. The standard InChI is InChI=1S/C17H14Cl2N2O3/c18-13-4-1-3-12(9-13)17(22)21-20-10-11-7-14(19)16-15(8-11)23-5-2-6-24-16/h1,3-4,7-10H,2,5-6H2,(H,21,22)/b20-10-. The Labute approximate surface area is 149 Å². The molecule has 1 heterocycles. The minimum absolute atomic E-state index is 0.353. The molecule has 0 aromatic heterocycles. The maximum Gasteiger partial charge on any atom is 0.271 e. The summed E-state index contributed by atoms with van der Waals surface area (Å²) >= 11 is 12.1. The van der Waals surface area contributed by atoms with Gasteiger partial charge in [-0.05, 0) is 35.9 Å². The van der Waals surface area contributed by atoms with Crippen LogP contribution in [0.4, 0.5) is 0 Å². The van der Waals surface area contributed by atoms with Crippen molar-refractivity contribution in [2.24, 2.45) is 5.10 Å². The molecule has 7 heteroatoms. The second-order valence-electron chi connectivity index (χ2n) is 5.09. The van der Waals surface area contributed by atoms with Crippen molar-refractivity contribution in [3.8, 4) is 11.5 Å². The predicted octanol–water partition coefficient (Wildman–Crippen LogP) is 3.92. The number of hydrogen-bond donors (Lipinski definition) is 1. The summed E-state index contributed by atoms with van der Waals surface area (Å²) < 4.78 is 11.2. The van der Waals surface area contributed by atoms with Crippen LogP contribution in [0.3, 0.4) is 0 Å². The maximum atomic E-state index is 12.0. The zero-order valence-corrected chi connectivity index (χ0v) is 14.1. The van der Waals surface area contributed by atoms with Gasteiger partial charge >= 0.3 is 0 Å². The molecule has 0 saturated heterocycles. The Kier molecular flexibility index (Phi) is 5.23. The van der Waals surface area contributed by atoms with Crippen molar-refractivity contribution in [2.75, 3.05) is 13.2 Å². The monoisotopic (exact) mass is 364 g/mol. The van der Waals surface area contributed by atoms with Gasteiger partial charge in [-0.3, -0.25) is 4.79 Å². The topological polar surface area (TPSA) is 59.9 Å². The van der Waals surface area contributed by atoms with Gasteiger partial charge in [-0.15, -0.1) is 0 Å². The van der Waals surface area contributed by atoms with Crippen molar-refractivity contribution in [1.82, 2.24) is 5.43 Å². The zero-order valence-electron chi connectivity index (χ0n) is 12.6. The number of amides is 1. The van der Waals surface area contributed by atoms with Gasteiger partial charge in [0, 0.05) is 17.0 Å². The molecular weight excluding hydrogens is 351 g/mol. The lowest BCUT2D eigenvalue weighted by Gasteiger charge is -2.09. The van der Waals surface area contributed by atoms with E-state index in [1.165, 1.54) is 6.21 Å². The van der Waals surface area contributed by atoms with E-state index in [1.807, 2.05) is 0 Å². The first-order valence-corrected chi connectivity index (χ1v) is 8.07. The molecule has 24 heavy (non-hydrogen) atoms. The first kappa shape index (κ1) is 16.6. The van der Waals surface area contributed by atoms with E-state index >= 15 is 0 Å². The molecule has 0 radical (unpaired) electrons. The minimum atomic E-state index is -0.353. The van der Waals surface area contributed by atoms with Gasteiger partial charge in [0.25, 0.3) is 5.91 Å². The molecule has 0 bridgehead atoms. The first-order chi connectivity index (χ1) is 11.6. The van der Waals surface area contributed by atoms with Gasteiger partial charge in [-0.1, -0.05) is 29.3 Å². The Morgan fingerprint density at radius 2 is 2.00 bits per heavy atom. The van der Waals surface area contributed by atoms with Gasteiger partial charge in [0.2, 0.25) is 0 Å². The van der Waals surface area contributed by atoms with Gasteiger partial charge in [0.05, 0.1) is 24.5 Å². The summed E-state index contributed by atoms with van der Waals surface area (Å²) in [7, 11) is 0. The zero-order chi connectivity index (χ0) is 16.9. The summed E-state index contributed by atoms with van der Waals surface area (Å²) in [5.74, 6) is 0.756. The fraction of sp³-hybridized carbons (Fsp3) is 0.176. The van der Waals surface area contributed by atoms with E-state index in [4.69, 9.17) is 32.7 Å². The van der Waals surface area contributed by atoms with E-state index in [0.29, 0.717) is 45.9 Å². The molecule has 3 rings (SSSR count). The van der Waals surface area contributed by atoms with E-state index in [-0.39, 0.29) is 5.91 Å². The number of benzene rings is 2. The van der Waals surface area contributed by atoms with Crippen molar-refractivity contribution in [2.45, 2.75) is 6.42 Å². The second kappa shape index (κ2) is 7.55. The van der Waals surface area contributed by atoms with Crippen LogP contribution in [0.15, 0.2) is 41.5 Å². The number of rotatable bonds is 3. The fourth-order valence-electron chi connectivity index (χ4n) is 2.18. The number of nitrogens with zero attached hydrogens (tertiary/aromatic N) is 1. The van der Waals surface area contributed by atoms with Gasteiger partial charge in [0.1, 0.15) is 0 Å². The number of halogens is 2. The maximum absolute atomic E-state index is 12.0. The summed E-state index contributed by atoms with van der Waals surface area (Å²) in [5.41, 5.74) is 3.56. The van der Waals surface area contributed by atoms with Gasteiger partial charge in [-0.2, -0.15) is 5.10 Å². The highest BCUT2D eigenvalue weighted by molar-refractivity contribution is 6.32. The lowest BCUT2D eigenvalue weighted by Crippen LogP contribution is -2.17. The highest BCUT2D eigenvalue weighted by atomic mass is 35.5. The number of hydrazone groups is 1. The van der Waals surface area contributed by atoms with Gasteiger partial charge < -0.3 is 9.47 Å². The molecule has 2 aromatic carbocycles. The predicted molar refractivity (Wildman–Crippen MR) is 93.6 cm³/mol. The lowest BCUT2D eigenvalue weighted by molar-refractivity contribution is 0.0955. The summed E-state index contributed by atoms with van der Waals surface area (Å²) in [6.45, 7) is 1.13. The third-order valence-electron chi connectivity index (χ3n) is 3.29. The molecule has 5 nitrogen and oxygen atoms in total. The van der Waals surface area contributed by atoms with Crippen LogP contribution in [0, 0.1) is 0 Å². The molecule has 1 aliphatic rings. The van der Waals surface area contributed by atoms with E-state index < -0.39 is 0 Å². The number of hydrogen-bond acceptors (Lipinski definition) is 4. The summed E-state index contributed by atoms with van der Waals surface area (Å²) in [5, 5.41) is 4.87. The van der Waals surface area contributed by atoms with Crippen LogP contribution in [-0.4, -0.2) is 25.3 Å². The normalized spacial score (nSPS) is 13.6. The number of ether oxygens (including phenoxy) is 2. The average molecular weight is 365 g/mol.